The van der Waals surface area contributed by atoms with Crippen LogP contribution in [0.4, 0.5) is 0 Å². The van der Waals surface area contributed by atoms with Crippen LogP contribution in [-0.4, -0.2) is 59.9 Å². The quantitative estimate of drug-likeness (QED) is 0.277. The number of aliphatic hydroxyl groups excluding tert-OH is 2. The van der Waals surface area contributed by atoms with Gasteiger partial charge in [0.15, 0.2) is 0 Å². The van der Waals surface area contributed by atoms with E-state index in [0.29, 0.717) is 0 Å². The molecule has 0 spiro atoms. The van der Waals surface area contributed by atoms with Gasteiger partial charge in [-0.25, -0.2) is 0 Å². The van der Waals surface area contributed by atoms with Crippen molar-refractivity contribution in [2.75, 3.05) is 13.2 Å². The topological polar surface area (TPSA) is 104 Å². The molecule has 0 aliphatic heterocycles. The van der Waals surface area contributed by atoms with E-state index in [2.05, 4.69) is 0 Å². The van der Waals surface area contributed by atoms with Gasteiger partial charge in [-0.1, -0.05) is 0 Å². The second-order valence-corrected chi connectivity index (χ2v) is 0.685. The van der Waals surface area contributed by atoms with Crippen molar-refractivity contribution in [2.24, 2.45) is 0 Å². The predicted octanol–water partition coefficient (Wildman–Crippen LogP) is -2.56. The Morgan fingerprint density at radius 1 is 1.33 bits per heavy atom. The number of hydrogen-bond acceptors (Lipinski definition) is 4. The Kier molecular flexibility index (Phi) is 27.9. The molecular formula is C2H10BiNO5. The van der Waals surface area contributed by atoms with Gasteiger partial charge in [0.1, 0.15) is 0 Å². The zero-order valence-corrected chi connectivity index (χ0v) is 10.2. The molecule has 0 radical (unpaired) electrons. The molecule has 3 N–H and O–H groups in total. The fourth-order valence-corrected chi connectivity index (χ4v) is 0. The van der Waals surface area contributed by atoms with Crippen molar-refractivity contribution in [3.63, 3.8) is 0 Å². The minimum atomic E-state index is -1.50. The van der Waals surface area contributed by atoms with Crippen LogP contribution < -0.4 is 0 Å². The zero-order chi connectivity index (χ0) is 6.99. The van der Waals surface area contributed by atoms with Gasteiger partial charge < -0.3 is 15.4 Å². The Bertz CT molecular complexity index is 52.9. The maximum absolute atomic E-state index is 8.36. The molecule has 0 aromatic rings. The molecule has 0 aromatic carbocycles. The molecule has 0 aliphatic rings. The van der Waals surface area contributed by atoms with Gasteiger partial charge in [-0.3, -0.25) is 0 Å². The van der Waals surface area contributed by atoms with Crippen LogP contribution in [0.15, 0.2) is 0 Å². The molecule has 0 fully saturated rings. The Morgan fingerprint density at radius 3 is 1.44 bits per heavy atom. The normalized spacial score (nSPS) is 6.00. The van der Waals surface area contributed by atoms with E-state index in [1.165, 1.54) is 0 Å². The predicted molar refractivity (Wildman–Crippen MR) is 32.9 cm³/mol. The first-order valence-corrected chi connectivity index (χ1v) is 1.70. The molecule has 0 heterocycles. The molecule has 0 rings (SSSR count). The molecule has 0 saturated carbocycles. The summed E-state index contributed by atoms with van der Waals surface area (Å²) in [5.41, 5.74) is 0. The summed E-state index contributed by atoms with van der Waals surface area (Å²) in [6.07, 6.45) is 0. The molecule has 0 atom stereocenters. The van der Waals surface area contributed by atoms with Gasteiger partial charge in [0.2, 0.25) is 0 Å². The summed E-state index contributed by atoms with van der Waals surface area (Å²) in [5, 5.41) is 28.9. The third kappa shape index (κ3) is 287. The van der Waals surface area contributed by atoms with E-state index in [-0.39, 0.29) is 39.4 Å². The monoisotopic (exact) mass is 337 g/mol. The number of rotatable bonds is 1. The first kappa shape index (κ1) is 16.0. The van der Waals surface area contributed by atoms with E-state index in [4.69, 9.17) is 25.5 Å². The van der Waals surface area contributed by atoms with Gasteiger partial charge >= 0.3 is 26.2 Å². The van der Waals surface area contributed by atoms with Crippen LogP contribution in [-0.2, 0) is 0 Å². The third-order valence-electron chi connectivity index (χ3n) is 0.1000. The summed E-state index contributed by atoms with van der Waals surface area (Å²) in [6, 6.07) is 0. The maximum atomic E-state index is 8.36. The molecule has 58 valence electrons. The fraction of sp³-hybridized carbons (Fsp3) is 1.00. The van der Waals surface area contributed by atoms with Crippen molar-refractivity contribution in [2.45, 2.75) is 0 Å². The molecule has 0 unspecified atom stereocenters. The van der Waals surface area contributed by atoms with Crippen molar-refractivity contribution >= 4 is 26.2 Å². The average Bonchev–Trinajstić information content (AvgIpc) is 1.65. The van der Waals surface area contributed by atoms with Crippen LogP contribution >= 0.6 is 0 Å². The van der Waals surface area contributed by atoms with Gasteiger partial charge in [-0.15, -0.1) is 10.1 Å². The molecular weight excluding hydrogens is 327 g/mol. The van der Waals surface area contributed by atoms with Crippen molar-refractivity contribution in [1.82, 2.24) is 0 Å². The van der Waals surface area contributed by atoms with Crippen LogP contribution in [0.1, 0.15) is 0 Å². The zero-order valence-electron chi connectivity index (χ0n) is 4.73. The standard InChI is InChI=1S/C2H6O2.Bi.HNO3.3H/c3-1-2-4;;2-1(3)4;;;/h3-4H,1-2H2;;(H,2,3,4);;;. The summed E-state index contributed by atoms with van der Waals surface area (Å²) in [7, 11) is 0. The van der Waals surface area contributed by atoms with Crippen molar-refractivity contribution in [1.29, 1.82) is 0 Å². The summed E-state index contributed by atoms with van der Waals surface area (Å²) < 4.78 is 0. The molecule has 6 nitrogen and oxygen atoms in total. The molecule has 7 heteroatoms. The molecule has 9 heavy (non-hydrogen) atoms. The van der Waals surface area contributed by atoms with E-state index in [9.17, 15) is 0 Å². The van der Waals surface area contributed by atoms with Gasteiger partial charge in [0, 0.05) is 0 Å². The molecule has 0 bridgehead atoms. The Hall–Kier alpha value is 0.00312. The second-order valence-electron chi connectivity index (χ2n) is 0.685. The van der Waals surface area contributed by atoms with E-state index < -0.39 is 5.09 Å². The fourth-order valence-electron chi connectivity index (χ4n) is 0. The van der Waals surface area contributed by atoms with Crippen molar-refractivity contribution < 1.29 is 20.5 Å². The summed E-state index contributed by atoms with van der Waals surface area (Å²) in [4.78, 5) is 8.36. The van der Waals surface area contributed by atoms with Gasteiger partial charge in [0.25, 0.3) is 5.09 Å². The van der Waals surface area contributed by atoms with Gasteiger partial charge in [0.05, 0.1) is 13.2 Å². The van der Waals surface area contributed by atoms with E-state index in [1.807, 2.05) is 0 Å². The minimum absolute atomic E-state index is 0. The Labute approximate surface area is 70.3 Å². The molecule has 0 amide bonds. The third-order valence-corrected chi connectivity index (χ3v) is 0.1000. The molecule has 0 saturated heterocycles. The van der Waals surface area contributed by atoms with Gasteiger partial charge in [-0.2, -0.15) is 0 Å². The van der Waals surface area contributed by atoms with Crippen LogP contribution in [0.3, 0.4) is 0 Å². The number of aliphatic hydroxyl groups is 2. The Balaban J connectivity index is -0.0000000720. The van der Waals surface area contributed by atoms with Crippen molar-refractivity contribution in [3.05, 3.63) is 10.1 Å². The van der Waals surface area contributed by atoms with Gasteiger partial charge in [-0.05, 0) is 0 Å². The first-order valence-electron chi connectivity index (χ1n) is 1.70. The summed E-state index contributed by atoms with van der Waals surface area (Å²) in [5.74, 6) is 0. The molecule has 0 aliphatic carbocycles. The van der Waals surface area contributed by atoms with E-state index in [1.54, 1.807) is 0 Å². The van der Waals surface area contributed by atoms with Crippen LogP contribution in [0.25, 0.3) is 0 Å². The van der Waals surface area contributed by atoms with Crippen LogP contribution in [0.2, 0.25) is 0 Å². The van der Waals surface area contributed by atoms with Crippen LogP contribution in [0, 0.1) is 10.1 Å². The SMILES string of the molecule is O=[N+]([O-])O.OCCO.[BiH3]. The number of hydrogen-bond donors (Lipinski definition) is 3. The summed E-state index contributed by atoms with van der Waals surface area (Å²) in [6.45, 7) is -0.250. The molecule has 0 aromatic heterocycles. The summed E-state index contributed by atoms with van der Waals surface area (Å²) >= 11 is 0. The van der Waals surface area contributed by atoms with E-state index >= 15 is 0 Å². The van der Waals surface area contributed by atoms with Crippen molar-refractivity contribution in [3.8, 4) is 0 Å². The first-order chi connectivity index (χ1) is 3.65. The second kappa shape index (κ2) is 15.7. The Morgan fingerprint density at radius 2 is 1.44 bits per heavy atom. The number of nitrogens with zero attached hydrogens (tertiary/aromatic N) is 1. The van der Waals surface area contributed by atoms with E-state index in [0.717, 1.165) is 0 Å². The average molecular weight is 337 g/mol. The van der Waals surface area contributed by atoms with Crippen LogP contribution in [0.5, 0.6) is 0 Å².